The van der Waals surface area contributed by atoms with Gasteiger partial charge in [-0.3, -0.25) is 0 Å². The number of hydrogen-bond acceptors (Lipinski definition) is 6. The van der Waals surface area contributed by atoms with Crippen LogP contribution in [-0.2, 0) is 31.2 Å². The molecule has 0 spiro atoms. The molecule has 0 aliphatic rings. The fourth-order valence-electron chi connectivity index (χ4n) is 3.89. The van der Waals surface area contributed by atoms with Gasteiger partial charge in [0.25, 0.3) is 0 Å². The molecular formula is C33H45BO3S3. The SMILES string of the molecule is c1ccc(CSCCCCOB(OCCCCSCc2ccccc2)OCCCCSCc2ccccc2)cc1. The maximum absolute atomic E-state index is 6.01. The van der Waals surface area contributed by atoms with Gasteiger partial charge in [0.1, 0.15) is 0 Å². The van der Waals surface area contributed by atoms with E-state index in [1.165, 1.54) is 16.7 Å². The summed E-state index contributed by atoms with van der Waals surface area (Å²) >= 11 is 5.96. The Bertz CT molecular complexity index is 839. The molecule has 0 fully saturated rings. The minimum absolute atomic E-state index is 0.550. The predicted molar refractivity (Wildman–Crippen MR) is 179 cm³/mol. The standard InChI is InChI=1S/C33H45BO3S3/c1-4-16-31(17-5-1)28-38-25-13-10-22-35-34(36-23-11-14-26-39-29-32-18-6-2-7-19-32)37-24-12-15-27-40-30-33-20-8-3-9-21-33/h1-9,16-21H,10-15,22-30H2. The molecule has 0 saturated carbocycles. The summed E-state index contributed by atoms with van der Waals surface area (Å²) in [5, 5.41) is 0. The molecule has 0 aliphatic heterocycles. The van der Waals surface area contributed by atoms with E-state index in [1.807, 2.05) is 35.3 Å². The highest BCUT2D eigenvalue weighted by atomic mass is 32.2. The van der Waals surface area contributed by atoms with Crippen LogP contribution in [0.4, 0.5) is 0 Å². The molecule has 0 radical (unpaired) electrons. The summed E-state index contributed by atoms with van der Waals surface area (Å²) in [5.74, 6) is 6.65. The molecule has 0 N–H and O–H groups in total. The van der Waals surface area contributed by atoms with Crippen molar-refractivity contribution in [3.63, 3.8) is 0 Å². The maximum atomic E-state index is 6.01. The Labute approximate surface area is 256 Å². The second-order valence-corrected chi connectivity index (χ2v) is 13.0. The van der Waals surface area contributed by atoms with Crippen LogP contribution < -0.4 is 0 Å². The Morgan fingerprint density at radius 2 is 0.700 bits per heavy atom. The van der Waals surface area contributed by atoms with Gasteiger partial charge in [-0.2, -0.15) is 35.3 Å². The third kappa shape index (κ3) is 16.8. The Balaban J connectivity index is 1.23. The lowest BCUT2D eigenvalue weighted by atomic mass is 10.2. The first-order valence-corrected chi connectivity index (χ1v) is 18.1. The van der Waals surface area contributed by atoms with E-state index in [0.29, 0.717) is 19.8 Å². The maximum Gasteiger partial charge on any atom is 0.639 e. The van der Waals surface area contributed by atoms with E-state index in [2.05, 4.69) is 91.0 Å². The molecule has 0 saturated heterocycles. The van der Waals surface area contributed by atoms with E-state index < -0.39 is 7.32 Å². The Morgan fingerprint density at radius 1 is 0.400 bits per heavy atom. The fraction of sp³-hybridized carbons (Fsp3) is 0.455. The largest absolute Gasteiger partial charge is 0.639 e. The molecule has 40 heavy (non-hydrogen) atoms. The summed E-state index contributed by atoms with van der Waals surface area (Å²) in [7, 11) is -0.550. The quantitative estimate of drug-likeness (QED) is 0.0756. The van der Waals surface area contributed by atoms with Gasteiger partial charge in [-0.1, -0.05) is 91.0 Å². The van der Waals surface area contributed by atoms with Crippen molar-refractivity contribution in [3.8, 4) is 0 Å². The van der Waals surface area contributed by atoms with Gasteiger partial charge in [0.05, 0.1) is 0 Å². The molecule has 0 unspecified atom stereocenters. The number of rotatable bonds is 24. The number of thioether (sulfide) groups is 3. The third-order valence-corrected chi connectivity index (χ3v) is 9.49. The average molecular weight is 597 g/mol. The van der Waals surface area contributed by atoms with E-state index in [1.54, 1.807) is 0 Å². The lowest BCUT2D eigenvalue weighted by Gasteiger charge is -2.15. The number of hydrogen-bond donors (Lipinski definition) is 0. The zero-order chi connectivity index (χ0) is 27.8. The van der Waals surface area contributed by atoms with Crippen molar-refractivity contribution in [1.82, 2.24) is 0 Å². The summed E-state index contributed by atoms with van der Waals surface area (Å²) in [6, 6.07) is 32.0. The predicted octanol–water partition coefficient (Wildman–Crippen LogP) is 9.16. The highest BCUT2D eigenvalue weighted by Gasteiger charge is 2.20. The van der Waals surface area contributed by atoms with Crippen LogP contribution in [0.3, 0.4) is 0 Å². The molecular weight excluding hydrogens is 551 g/mol. The van der Waals surface area contributed by atoms with Crippen LogP contribution in [0.5, 0.6) is 0 Å². The van der Waals surface area contributed by atoms with Gasteiger partial charge in [-0.05, 0) is 72.5 Å². The van der Waals surface area contributed by atoms with E-state index in [9.17, 15) is 0 Å². The number of benzene rings is 3. The van der Waals surface area contributed by atoms with Crippen molar-refractivity contribution in [2.24, 2.45) is 0 Å². The summed E-state index contributed by atoms with van der Waals surface area (Å²) in [6.07, 6.45) is 6.50. The van der Waals surface area contributed by atoms with Crippen LogP contribution in [-0.4, -0.2) is 44.4 Å². The second kappa shape index (κ2) is 23.2. The normalized spacial score (nSPS) is 11.1. The Morgan fingerprint density at radius 3 is 1.00 bits per heavy atom. The number of unbranched alkanes of at least 4 members (excludes halogenated alkanes) is 3. The van der Waals surface area contributed by atoms with Crippen molar-refractivity contribution in [1.29, 1.82) is 0 Å². The summed E-state index contributed by atoms with van der Waals surface area (Å²) in [4.78, 5) is 0. The molecule has 216 valence electrons. The van der Waals surface area contributed by atoms with Crippen LogP contribution >= 0.6 is 35.3 Å². The van der Waals surface area contributed by atoms with E-state index in [4.69, 9.17) is 14.0 Å². The molecule has 7 heteroatoms. The Hall–Kier alpha value is -1.35. The van der Waals surface area contributed by atoms with E-state index in [-0.39, 0.29) is 0 Å². The molecule has 3 rings (SSSR count). The van der Waals surface area contributed by atoms with Crippen molar-refractivity contribution >= 4 is 42.6 Å². The average Bonchev–Trinajstić information content (AvgIpc) is 3.00. The lowest BCUT2D eigenvalue weighted by Crippen LogP contribution is -2.29. The molecule has 0 aromatic heterocycles. The van der Waals surface area contributed by atoms with Crippen molar-refractivity contribution in [2.45, 2.75) is 55.8 Å². The Kier molecular flexibility index (Phi) is 19.3. The first-order chi connectivity index (χ1) is 19.9. The smallest absolute Gasteiger partial charge is 0.386 e. The van der Waals surface area contributed by atoms with Crippen LogP contribution in [0.2, 0.25) is 0 Å². The van der Waals surface area contributed by atoms with Gasteiger partial charge >= 0.3 is 7.32 Å². The van der Waals surface area contributed by atoms with Crippen LogP contribution in [0.15, 0.2) is 91.0 Å². The molecule has 3 nitrogen and oxygen atoms in total. The first-order valence-electron chi connectivity index (χ1n) is 14.6. The zero-order valence-corrected chi connectivity index (χ0v) is 26.2. The molecule has 0 aliphatic carbocycles. The molecule has 3 aromatic carbocycles. The summed E-state index contributed by atoms with van der Waals surface area (Å²) in [5.41, 5.74) is 4.17. The fourth-order valence-corrected chi connectivity index (χ4v) is 6.84. The molecule has 0 atom stereocenters. The van der Waals surface area contributed by atoms with Crippen molar-refractivity contribution in [3.05, 3.63) is 108 Å². The van der Waals surface area contributed by atoms with Crippen molar-refractivity contribution in [2.75, 3.05) is 37.1 Å². The van der Waals surface area contributed by atoms with Gasteiger partial charge in [-0.25, -0.2) is 0 Å². The minimum Gasteiger partial charge on any atom is -0.386 e. The lowest BCUT2D eigenvalue weighted by molar-refractivity contribution is 0.0900. The molecule has 0 bridgehead atoms. The highest BCUT2D eigenvalue weighted by molar-refractivity contribution is 7.98. The van der Waals surface area contributed by atoms with Gasteiger partial charge in [0.15, 0.2) is 0 Å². The van der Waals surface area contributed by atoms with Crippen LogP contribution in [0.25, 0.3) is 0 Å². The van der Waals surface area contributed by atoms with Gasteiger partial charge in [-0.15, -0.1) is 0 Å². The third-order valence-electron chi connectivity index (χ3n) is 6.15. The topological polar surface area (TPSA) is 27.7 Å². The second-order valence-electron chi connectivity index (χ2n) is 9.64. The van der Waals surface area contributed by atoms with Gasteiger partial charge in [0, 0.05) is 37.1 Å². The highest BCUT2D eigenvalue weighted by Crippen LogP contribution is 2.16. The van der Waals surface area contributed by atoms with Crippen molar-refractivity contribution < 1.29 is 14.0 Å². The van der Waals surface area contributed by atoms with Gasteiger partial charge in [0.2, 0.25) is 0 Å². The van der Waals surface area contributed by atoms with Crippen LogP contribution in [0, 0.1) is 0 Å². The molecule has 3 aromatic rings. The van der Waals surface area contributed by atoms with E-state index >= 15 is 0 Å². The molecule has 0 amide bonds. The first kappa shape index (κ1) is 33.2. The summed E-state index contributed by atoms with van der Waals surface area (Å²) in [6.45, 7) is 2.03. The monoisotopic (exact) mass is 596 g/mol. The minimum atomic E-state index is -0.550. The van der Waals surface area contributed by atoms with Crippen LogP contribution in [0.1, 0.15) is 55.2 Å². The van der Waals surface area contributed by atoms with E-state index in [0.717, 1.165) is 73.0 Å². The zero-order valence-electron chi connectivity index (χ0n) is 23.8. The summed E-state index contributed by atoms with van der Waals surface area (Å²) < 4.78 is 18.0. The molecule has 0 heterocycles. The van der Waals surface area contributed by atoms with Gasteiger partial charge < -0.3 is 14.0 Å².